The van der Waals surface area contributed by atoms with Gasteiger partial charge in [0, 0.05) is 43.0 Å². The Morgan fingerprint density at radius 1 is 1.21 bits per heavy atom. The van der Waals surface area contributed by atoms with E-state index < -0.39 is 0 Å². The highest BCUT2D eigenvalue weighted by Crippen LogP contribution is 2.24. The van der Waals surface area contributed by atoms with Gasteiger partial charge in [-0.15, -0.1) is 0 Å². The molecule has 1 aliphatic rings. The zero-order valence-electron chi connectivity index (χ0n) is 14.6. The number of aromatic amines is 1. The third-order valence-electron chi connectivity index (χ3n) is 4.72. The fourth-order valence-corrected chi connectivity index (χ4v) is 3.31. The lowest BCUT2D eigenvalue weighted by molar-refractivity contribution is 0.240. The molecule has 0 amide bonds. The molecule has 124 valence electrons. The minimum Gasteiger partial charge on any atom is -0.361 e. The Morgan fingerprint density at radius 3 is 2.92 bits per heavy atom. The second-order valence-corrected chi connectivity index (χ2v) is 7.78. The van der Waals surface area contributed by atoms with E-state index in [2.05, 4.69) is 59.9 Å². The number of hydrogen-bond donors (Lipinski definition) is 1. The average Bonchev–Trinajstić information content (AvgIpc) is 3.01. The molecule has 0 spiro atoms. The molecule has 0 aliphatic carbocycles. The molecule has 0 saturated heterocycles. The molecule has 24 heavy (non-hydrogen) atoms. The molecule has 0 unspecified atom stereocenters. The van der Waals surface area contributed by atoms with Gasteiger partial charge in [-0.05, 0) is 41.1 Å². The summed E-state index contributed by atoms with van der Waals surface area (Å²) in [7, 11) is 0. The smallest absolute Gasteiger partial charge is 0.133 e. The molecule has 0 bridgehead atoms. The van der Waals surface area contributed by atoms with Gasteiger partial charge < -0.3 is 4.98 Å². The van der Waals surface area contributed by atoms with Gasteiger partial charge in [-0.1, -0.05) is 26.8 Å². The Hall–Kier alpha value is -2.20. The van der Waals surface area contributed by atoms with Gasteiger partial charge in [-0.2, -0.15) is 0 Å². The summed E-state index contributed by atoms with van der Waals surface area (Å²) in [6.45, 7) is 9.45. The number of fused-ring (bicyclic) bond motifs is 2. The minimum atomic E-state index is -0.00335. The van der Waals surface area contributed by atoms with E-state index in [4.69, 9.17) is 4.98 Å². The van der Waals surface area contributed by atoms with Crippen LogP contribution in [0, 0.1) is 0 Å². The van der Waals surface area contributed by atoms with Crippen LogP contribution in [0.3, 0.4) is 0 Å². The zero-order chi connectivity index (χ0) is 16.7. The van der Waals surface area contributed by atoms with E-state index >= 15 is 0 Å². The molecule has 2 aromatic heterocycles. The van der Waals surface area contributed by atoms with E-state index in [9.17, 15) is 0 Å². The lowest BCUT2D eigenvalue weighted by Gasteiger charge is -2.29. The second kappa shape index (κ2) is 5.71. The van der Waals surface area contributed by atoms with Crippen molar-refractivity contribution in [2.45, 2.75) is 45.7 Å². The minimum absolute atomic E-state index is 0.00335. The molecule has 1 aliphatic heterocycles. The molecule has 0 fully saturated rings. The molecule has 3 aromatic rings. The van der Waals surface area contributed by atoms with Crippen LogP contribution in [0.2, 0.25) is 0 Å². The maximum absolute atomic E-state index is 4.86. The lowest BCUT2D eigenvalue weighted by atomic mass is 9.95. The first-order valence-corrected chi connectivity index (χ1v) is 8.63. The second-order valence-electron chi connectivity index (χ2n) is 7.78. The van der Waals surface area contributed by atoms with E-state index in [1.807, 2.05) is 12.4 Å². The highest BCUT2D eigenvalue weighted by molar-refractivity contribution is 5.79. The molecule has 3 heterocycles. The number of rotatable bonds is 2. The van der Waals surface area contributed by atoms with E-state index in [1.165, 1.54) is 27.7 Å². The van der Waals surface area contributed by atoms with Gasteiger partial charge in [-0.25, -0.2) is 9.97 Å². The number of nitrogens with zero attached hydrogens (tertiary/aromatic N) is 3. The van der Waals surface area contributed by atoms with Crippen LogP contribution in [0.4, 0.5) is 0 Å². The molecular weight excluding hydrogens is 296 g/mol. The van der Waals surface area contributed by atoms with Crippen LogP contribution < -0.4 is 0 Å². The number of hydrogen-bond acceptors (Lipinski definition) is 3. The molecule has 1 aromatic carbocycles. The van der Waals surface area contributed by atoms with Crippen LogP contribution in [-0.4, -0.2) is 26.4 Å². The first-order valence-electron chi connectivity index (χ1n) is 8.63. The van der Waals surface area contributed by atoms with E-state index in [1.54, 1.807) is 0 Å². The average molecular weight is 320 g/mol. The van der Waals surface area contributed by atoms with Crippen molar-refractivity contribution >= 4 is 10.9 Å². The van der Waals surface area contributed by atoms with Crippen LogP contribution in [0.15, 0.2) is 36.7 Å². The fraction of sp³-hybridized carbons (Fsp3) is 0.400. The van der Waals surface area contributed by atoms with Crippen molar-refractivity contribution in [1.29, 1.82) is 0 Å². The first-order chi connectivity index (χ1) is 11.5. The van der Waals surface area contributed by atoms with Crippen molar-refractivity contribution in [2.75, 3.05) is 6.54 Å². The third kappa shape index (κ3) is 2.94. The van der Waals surface area contributed by atoms with E-state index in [0.717, 1.165) is 31.9 Å². The number of nitrogens with one attached hydrogen (secondary N) is 1. The van der Waals surface area contributed by atoms with Gasteiger partial charge in [0.1, 0.15) is 5.82 Å². The van der Waals surface area contributed by atoms with Crippen LogP contribution in [0.1, 0.15) is 43.4 Å². The highest BCUT2D eigenvalue weighted by Gasteiger charge is 2.23. The summed E-state index contributed by atoms with van der Waals surface area (Å²) in [6, 6.07) is 8.80. The van der Waals surface area contributed by atoms with Crippen LogP contribution >= 0.6 is 0 Å². The molecule has 1 N–H and O–H groups in total. The predicted molar refractivity (Wildman–Crippen MR) is 96.8 cm³/mol. The Bertz CT molecular complexity index is 873. The molecule has 4 rings (SSSR count). The quantitative estimate of drug-likeness (QED) is 0.781. The SMILES string of the molecule is CC(C)(C)c1ncc2c(n1)CN(Cc1ccc3[nH]ccc3c1)CC2. The fourth-order valence-electron chi connectivity index (χ4n) is 3.31. The Morgan fingerprint density at radius 2 is 2.08 bits per heavy atom. The maximum atomic E-state index is 4.86. The standard InChI is InChI=1S/C20H24N4/c1-20(2,3)19-22-11-16-7-9-24(13-18(16)23-19)12-14-4-5-17-15(10-14)6-8-21-17/h4-6,8,10-11,21H,7,9,12-13H2,1-3H3. The van der Waals surface area contributed by atoms with Gasteiger partial charge in [0.25, 0.3) is 0 Å². The normalized spacial score (nSPS) is 15.6. The molecule has 4 heteroatoms. The van der Waals surface area contributed by atoms with Gasteiger partial charge in [0.15, 0.2) is 0 Å². The summed E-state index contributed by atoms with van der Waals surface area (Å²) >= 11 is 0. The lowest BCUT2D eigenvalue weighted by Crippen LogP contribution is -2.32. The van der Waals surface area contributed by atoms with Crippen LogP contribution in [-0.2, 0) is 24.9 Å². The van der Waals surface area contributed by atoms with Crippen molar-refractivity contribution in [3.63, 3.8) is 0 Å². The summed E-state index contributed by atoms with van der Waals surface area (Å²) in [5, 5.41) is 1.28. The number of benzene rings is 1. The summed E-state index contributed by atoms with van der Waals surface area (Å²) in [6.07, 6.45) is 5.06. The number of aromatic nitrogens is 3. The van der Waals surface area contributed by atoms with Gasteiger partial charge in [0.2, 0.25) is 0 Å². The largest absolute Gasteiger partial charge is 0.361 e. The van der Waals surface area contributed by atoms with E-state index in [-0.39, 0.29) is 5.41 Å². The summed E-state index contributed by atoms with van der Waals surface area (Å²) < 4.78 is 0. The van der Waals surface area contributed by atoms with Crippen molar-refractivity contribution in [2.24, 2.45) is 0 Å². The van der Waals surface area contributed by atoms with Crippen molar-refractivity contribution < 1.29 is 0 Å². The summed E-state index contributed by atoms with van der Waals surface area (Å²) in [4.78, 5) is 15.2. The highest BCUT2D eigenvalue weighted by atomic mass is 15.1. The maximum Gasteiger partial charge on any atom is 0.133 e. The van der Waals surface area contributed by atoms with Crippen LogP contribution in [0.25, 0.3) is 10.9 Å². The third-order valence-corrected chi connectivity index (χ3v) is 4.72. The Kier molecular flexibility index (Phi) is 3.65. The number of H-pyrrole nitrogens is 1. The Balaban J connectivity index is 1.54. The van der Waals surface area contributed by atoms with Crippen molar-refractivity contribution in [3.8, 4) is 0 Å². The van der Waals surface area contributed by atoms with Crippen LogP contribution in [0.5, 0.6) is 0 Å². The van der Waals surface area contributed by atoms with Gasteiger partial charge >= 0.3 is 0 Å². The summed E-state index contributed by atoms with van der Waals surface area (Å²) in [5.41, 5.74) is 5.06. The first kappa shape index (κ1) is 15.3. The molecule has 0 saturated carbocycles. The zero-order valence-corrected chi connectivity index (χ0v) is 14.6. The monoisotopic (exact) mass is 320 g/mol. The van der Waals surface area contributed by atoms with Crippen molar-refractivity contribution in [1.82, 2.24) is 19.9 Å². The molecule has 4 nitrogen and oxygen atoms in total. The topological polar surface area (TPSA) is 44.8 Å². The molecule has 0 radical (unpaired) electrons. The van der Waals surface area contributed by atoms with Gasteiger partial charge in [-0.3, -0.25) is 4.90 Å². The van der Waals surface area contributed by atoms with E-state index in [0.29, 0.717) is 0 Å². The predicted octanol–water partition coefficient (Wildman–Crippen LogP) is 3.81. The summed E-state index contributed by atoms with van der Waals surface area (Å²) in [5.74, 6) is 0.942. The Labute approximate surface area is 142 Å². The van der Waals surface area contributed by atoms with Gasteiger partial charge in [0.05, 0.1) is 5.69 Å². The molecular formula is C20H24N4. The van der Waals surface area contributed by atoms with Crippen molar-refractivity contribution in [3.05, 3.63) is 59.3 Å². The molecule has 0 atom stereocenters.